The van der Waals surface area contributed by atoms with Crippen molar-refractivity contribution >= 4 is 5.91 Å². The number of piperidine rings is 1. The van der Waals surface area contributed by atoms with Crippen LogP contribution in [0.15, 0.2) is 24.3 Å². The number of alkyl halides is 3. The van der Waals surface area contributed by atoms with Gasteiger partial charge in [0.25, 0.3) is 5.91 Å². The molecule has 21 heavy (non-hydrogen) atoms. The Morgan fingerprint density at radius 3 is 2.71 bits per heavy atom. The van der Waals surface area contributed by atoms with E-state index in [2.05, 4.69) is 0 Å². The van der Waals surface area contributed by atoms with Crippen LogP contribution < -0.4 is 5.73 Å². The zero-order valence-electron chi connectivity index (χ0n) is 11.9. The molecule has 6 heteroatoms. The molecule has 0 bridgehead atoms. The molecule has 116 valence electrons. The highest BCUT2D eigenvalue weighted by atomic mass is 19.4. The van der Waals surface area contributed by atoms with E-state index in [1.807, 2.05) is 6.92 Å². The summed E-state index contributed by atoms with van der Waals surface area (Å²) in [5.41, 5.74) is 4.96. The van der Waals surface area contributed by atoms with Crippen LogP contribution in [0.2, 0.25) is 0 Å². The summed E-state index contributed by atoms with van der Waals surface area (Å²) in [6, 6.07) is 4.47. The smallest absolute Gasteiger partial charge is 0.332 e. The predicted octanol–water partition coefficient (Wildman–Crippen LogP) is 3.05. The molecule has 1 aliphatic rings. The lowest BCUT2D eigenvalue weighted by Gasteiger charge is -2.40. The van der Waals surface area contributed by atoms with Gasteiger partial charge in [-0.3, -0.25) is 4.79 Å². The molecule has 2 N–H and O–H groups in total. The second-order valence-corrected chi connectivity index (χ2v) is 5.46. The van der Waals surface area contributed by atoms with Crippen molar-refractivity contribution in [3.8, 4) is 0 Å². The van der Waals surface area contributed by atoms with E-state index >= 15 is 0 Å². The second-order valence-electron chi connectivity index (χ2n) is 5.46. The van der Waals surface area contributed by atoms with Gasteiger partial charge in [-0.2, -0.15) is 13.2 Å². The molecule has 1 aromatic rings. The number of hydrogen-bond acceptors (Lipinski definition) is 2. The minimum Gasteiger partial charge on any atom is -0.332 e. The van der Waals surface area contributed by atoms with Gasteiger partial charge in [0.05, 0.1) is 5.56 Å². The van der Waals surface area contributed by atoms with Crippen LogP contribution in [-0.2, 0) is 6.18 Å². The maximum atomic E-state index is 12.7. The first-order valence-electron chi connectivity index (χ1n) is 7.04. The number of carbonyl (C=O) groups is 1. The van der Waals surface area contributed by atoms with Crippen molar-refractivity contribution < 1.29 is 18.0 Å². The number of carbonyl (C=O) groups excluding carboxylic acids is 1. The fourth-order valence-corrected chi connectivity index (χ4v) is 2.86. The zero-order chi connectivity index (χ0) is 15.6. The van der Waals surface area contributed by atoms with Crippen molar-refractivity contribution in [2.24, 2.45) is 5.73 Å². The summed E-state index contributed by atoms with van der Waals surface area (Å²) < 4.78 is 38.2. The maximum Gasteiger partial charge on any atom is 0.416 e. The third-order valence-corrected chi connectivity index (χ3v) is 3.97. The lowest BCUT2D eigenvalue weighted by Crippen LogP contribution is -2.51. The Kier molecular flexibility index (Phi) is 4.56. The Labute approximate surface area is 121 Å². The van der Waals surface area contributed by atoms with Gasteiger partial charge < -0.3 is 10.6 Å². The Hall–Kier alpha value is -1.56. The van der Waals surface area contributed by atoms with Crippen LogP contribution in [0, 0.1) is 0 Å². The normalized spacial score (nSPS) is 23.2. The Bertz CT molecular complexity index is 516. The van der Waals surface area contributed by atoms with Crippen LogP contribution in [0.4, 0.5) is 13.2 Å². The van der Waals surface area contributed by atoms with Gasteiger partial charge in [0, 0.05) is 24.2 Å². The van der Waals surface area contributed by atoms with Crippen molar-refractivity contribution in [2.75, 3.05) is 6.54 Å². The molecule has 1 saturated heterocycles. The van der Waals surface area contributed by atoms with Crippen LogP contribution in [0.3, 0.4) is 0 Å². The summed E-state index contributed by atoms with van der Waals surface area (Å²) in [6.45, 7) is 2.24. The van der Waals surface area contributed by atoms with Crippen LogP contribution in [0.1, 0.15) is 42.1 Å². The first-order chi connectivity index (χ1) is 9.84. The van der Waals surface area contributed by atoms with Crippen molar-refractivity contribution in [2.45, 2.75) is 44.4 Å². The molecule has 0 aromatic heterocycles. The van der Waals surface area contributed by atoms with Crippen molar-refractivity contribution in [1.82, 2.24) is 4.90 Å². The molecule has 0 saturated carbocycles. The average molecular weight is 300 g/mol. The molecule has 3 nitrogen and oxygen atoms in total. The minimum atomic E-state index is -4.45. The first-order valence-corrected chi connectivity index (χ1v) is 7.04. The number of nitrogens with zero attached hydrogens (tertiary/aromatic N) is 1. The summed E-state index contributed by atoms with van der Waals surface area (Å²) in [6.07, 6.45) is -1.82. The molecular weight excluding hydrogens is 281 g/mol. The minimum absolute atomic E-state index is 0.00524. The van der Waals surface area contributed by atoms with Crippen LogP contribution >= 0.6 is 0 Å². The highest BCUT2D eigenvalue weighted by Crippen LogP contribution is 2.31. The molecule has 1 aliphatic heterocycles. The average Bonchev–Trinajstić information content (AvgIpc) is 2.45. The third kappa shape index (κ3) is 3.37. The van der Waals surface area contributed by atoms with Crippen LogP contribution in [0.5, 0.6) is 0 Å². The summed E-state index contributed by atoms with van der Waals surface area (Å²) in [5, 5.41) is 0. The van der Waals surface area contributed by atoms with Gasteiger partial charge >= 0.3 is 6.18 Å². The lowest BCUT2D eigenvalue weighted by molar-refractivity contribution is -0.137. The number of rotatable bonds is 2. The molecule has 1 aromatic carbocycles. The summed E-state index contributed by atoms with van der Waals surface area (Å²) >= 11 is 0. The van der Waals surface area contributed by atoms with Gasteiger partial charge in [0.2, 0.25) is 0 Å². The fourth-order valence-electron chi connectivity index (χ4n) is 2.86. The van der Waals surface area contributed by atoms with Crippen molar-refractivity contribution in [3.63, 3.8) is 0 Å². The van der Waals surface area contributed by atoms with E-state index in [-0.39, 0.29) is 23.6 Å². The Morgan fingerprint density at radius 2 is 2.10 bits per heavy atom. The van der Waals surface area contributed by atoms with Crippen molar-refractivity contribution in [3.05, 3.63) is 35.4 Å². The van der Waals surface area contributed by atoms with E-state index in [0.29, 0.717) is 6.54 Å². The van der Waals surface area contributed by atoms with Crippen LogP contribution in [-0.4, -0.2) is 29.4 Å². The highest BCUT2D eigenvalue weighted by Gasteiger charge is 2.34. The quantitative estimate of drug-likeness (QED) is 0.912. The number of likely N-dealkylation sites (tertiary alicyclic amines) is 1. The maximum absolute atomic E-state index is 12.7. The van der Waals surface area contributed by atoms with E-state index in [1.54, 1.807) is 4.90 Å². The monoisotopic (exact) mass is 300 g/mol. The Balaban J connectivity index is 2.30. The molecule has 1 heterocycles. The van der Waals surface area contributed by atoms with Gasteiger partial charge in [0.1, 0.15) is 0 Å². The molecule has 2 atom stereocenters. The Morgan fingerprint density at radius 1 is 1.38 bits per heavy atom. The second kappa shape index (κ2) is 6.05. The van der Waals surface area contributed by atoms with E-state index in [1.165, 1.54) is 12.1 Å². The summed E-state index contributed by atoms with van der Waals surface area (Å²) in [4.78, 5) is 14.2. The number of benzene rings is 1. The molecule has 2 rings (SSSR count). The molecule has 0 spiro atoms. The topological polar surface area (TPSA) is 46.3 Å². The first kappa shape index (κ1) is 15.8. The fraction of sp³-hybridized carbons (Fsp3) is 0.533. The van der Waals surface area contributed by atoms with E-state index < -0.39 is 11.7 Å². The molecular formula is C15H19F3N2O. The molecule has 0 radical (unpaired) electrons. The SMILES string of the molecule is CC1CCCC(CN)N1C(=O)c1cccc(C(F)(F)F)c1. The highest BCUT2D eigenvalue weighted by molar-refractivity contribution is 5.95. The van der Waals surface area contributed by atoms with Gasteiger partial charge in [-0.15, -0.1) is 0 Å². The number of hydrogen-bond donors (Lipinski definition) is 1. The molecule has 2 unspecified atom stereocenters. The van der Waals surface area contributed by atoms with E-state index in [9.17, 15) is 18.0 Å². The van der Waals surface area contributed by atoms with E-state index in [0.717, 1.165) is 31.4 Å². The summed E-state index contributed by atoms with van der Waals surface area (Å²) in [5.74, 6) is -0.372. The third-order valence-electron chi connectivity index (χ3n) is 3.97. The molecule has 0 aliphatic carbocycles. The predicted molar refractivity (Wildman–Crippen MR) is 73.8 cm³/mol. The number of amides is 1. The van der Waals surface area contributed by atoms with Gasteiger partial charge in [-0.05, 0) is 44.4 Å². The van der Waals surface area contributed by atoms with Gasteiger partial charge in [0.15, 0.2) is 0 Å². The number of halogens is 3. The summed E-state index contributed by atoms with van der Waals surface area (Å²) in [7, 11) is 0. The standard InChI is InChI=1S/C15H19F3N2O/c1-10-4-2-7-13(9-19)20(10)14(21)11-5-3-6-12(8-11)15(16,17)18/h3,5-6,8,10,13H,2,4,7,9,19H2,1H3. The van der Waals surface area contributed by atoms with Gasteiger partial charge in [-0.1, -0.05) is 6.07 Å². The van der Waals surface area contributed by atoms with E-state index in [4.69, 9.17) is 5.73 Å². The van der Waals surface area contributed by atoms with Crippen molar-refractivity contribution in [1.29, 1.82) is 0 Å². The van der Waals surface area contributed by atoms with Crippen LogP contribution in [0.25, 0.3) is 0 Å². The molecule has 1 fully saturated rings. The largest absolute Gasteiger partial charge is 0.416 e. The van der Waals surface area contributed by atoms with Gasteiger partial charge in [-0.25, -0.2) is 0 Å². The molecule has 1 amide bonds. The number of nitrogens with two attached hydrogens (primary N) is 1. The zero-order valence-corrected chi connectivity index (χ0v) is 11.9. The lowest BCUT2D eigenvalue weighted by atomic mass is 9.95.